The Morgan fingerprint density at radius 1 is 1.15 bits per heavy atom. The van der Waals surface area contributed by atoms with Crippen LogP contribution in [0, 0.1) is 0 Å². The second kappa shape index (κ2) is 14.9. The summed E-state index contributed by atoms with van der Waals surface area (Å²) in [5, 5.41) is 17.3. The number of hydrogen-bond acceptors (Lipinski definition) is 9. The fourth-order valence-corrected chi connectivity index (χ4v) is 5.93. The molecule has 0 fully saturated rings. The molecule has 47 heavy (non-hydrogen) atoms. The van der Waals surface area contributed by atoms with Gasteiger partial charge in [-0.3, -0.25) is 4.68 Å². The van der Waals surface area contributed by atoms with Crippen molar-refractivity contribution in [2.45, 2.75) is 109 Å². The summed E-state index contributed by atoms with van der Waals surface area (Å²) in [4.78, 5) is 41.7. The van der Waals surface area contributed by atoms with E-state index < -0.39 is 43.8 Å². The number of carbonyl (C=O) groups excluding carboxylic acids is 2. The number of hydroxylamine groups is 1. The van der Waals surface area contributed by atoms with E-state index in [1.807, 2.05) is 44.6 Å². The monoisotopic (exact) mass is 674 g/mol. The van der Waals surface area contributed by atoms with Crippen molar-refractivity contribution in [3.8, 4) is 16.9 Å². The van der Waals surface area contributed by atoms with Crippen LogP contribution < -0.4 is 15.5 Å². The molecule has 3 rings (SSSR count). The van der Waals surface area contributed by atoms with E-state index in [9.17, 15) is 19.5 Å². The fourth-order valence-electron chi connectivity index (χ4n) is 4.58. The molecule has 1 aliphatic heterocycles. The standard InChI is InChI=1S/C33H50N4O9Si/c1-11-16-42-30(41)36-46-33(8,28(38)39)27-15-13-23-17-22(12-14-26(23)43-27)24-18-35-37(20-24)21-25(45-47(9,10)32(5,6)7)19-34-29(40)44-31(2,3)4/h11-12,14,17-18,20,25,27H,1,13,15-16,19,21H2,2-10H3,(H,34,40)(H,36,41)(H,38,39). The topological polar surface area (TPSA) is 159 Å². The van der Waals surface area contributed by atoms with Gasteiger partial charge in [0.2, 0.25) is 5.60 Å². The first-order valence-corrected chi connectivity index (χ1v) is 18.6. The highest BCUT2D eigenvalue weighted by Crippen LogP contribution is 2.38. The molecular formula is C33H50N4O9Si. The quantitative estimate of drug-likeness (QED) is 0.134. The van der Waals surface area contributed by atoms with Crippen LogP contribution >= 0.6 is 0 Å². The van der Waals surface area contributed by atoms with Crippen LogP contribution in [0.2, 0.25) is 18.1 Å². The molecule has 13 nitrogen and oxygen atoms in total. The molecule has 0 saturated heterocycles. The van der Waals surface area contributed by atoms with Crippen LogP contribution in [0.1, 0.15) is 60.5 Å². The zero-order valence-electron chi connectivity index (χ0n) is 29.0. The van der Waals surface area contributed by atoms with Crippen molar-refractivity contribution in [1.82, 2.24) is 20.6 Å². The summed E-state index contributed by atoms with van der Waals surface area (Å²) in [6.07, 6.45) is 3.27. The van der Waals surface area contributed by atoms with Crippen molar-refractivity contribution in [2.75, 3.05) is 13.2 Å². The maximum atomic E-state index is 12.4. The number of carboxylic acid groups (broad SMARTS) is 1. The number of nitrogens with one attached hydrogen (secondary N) is 2. The number of alkyl carbamates (subject to hydrolysis) is 1. The van der Waals surface area contributed by atoms with E-state index in [0.29, 0.717) is 25.1 Å². The number of aromatic nitrogens is 2. The molecule has 1 aromatic carbocycles. The van der Waals surface area contributed by atoms with Gasteiger partial charge in [-0.1, -0.05) is 39.5 Å². The highest BCUT2D eigenvalue weighted by Gasteiger charge is 2.47. The predicted molar refractivity (Wildman–Crippen MR) is 179 cm³/mol. The van der Waals surface area contributed by atoms with Crippen molar-refractivity contribution in [2.24, 2.45) is 0 Å². The minimum absolute atomic E-state index is 0.0293. The van der Waals surface area contributed by atoms with E-state index in [0.717, 1.165) is 16.7 Å². The molecule has 0 radical (unpaired) electrons. The van der Waals surface area contributed by atoms with Crippen LogP contribution in [0.3, 0.4) is 0 Å². The van der Waals surface area contributed by atoms with Crippen molar-refractivity contribution >= 4 is 26.5 Å². The first-order valence-electron chi connectivity index (χ1n) is 15.7. The molecule has 0 saturated carbocycles. The molecule has 2 aromatic rings. The summed E-state index contributed by atoms with van der Waals surface area (Å²) in [6, 6.07) is 5.65. The summed E-state index contributed by atoms with van der Waals surface area (Å²) in [5.41, 5.74) is 2.25. The highest BCUT2D eigenvalue weighted by atomic mass is 28.4. The molecule has 1 aliphatic rings. The van der Waals surface area contributed by atoms with Crippen molar-refractivity contribution in [3.05, 3.63) is 48.8 Å². The summed E-state index contributed by atoms with van der Waals surface area (Å²) >= 11 is 0. The number of aryl methyl sites for hydroxylation is 1. The molecule has 3 atom stereocenters. The van der Waals surface area contributed by atoms with E-state index in [4.69, 9.17) is 23.5 Å². The van der Waals surface area contributed by atoms with Crippen LogP contribution in [0.15, 0.2) is 43.2 Å². The SMILES string of the molecule is C=CCOC(=O)NOC(C)(C(=O)O)C1CCc2cc(-c3cnn(CC(CNC(=O)OC(C)(C)C)O[Si](C)(C)C(C)(C)C)c3)ccc2O1. The number of amides is 2. The third kappa shape index (κ3) is 10.3. The van der Waals surface area contributed by atoms with Gasteiger partial charge >= 0.3 is 18.2 Å². The smallest absolute Gasteiger partial charge is 0.431 e. The molecule has 3 unspecified atom stereocenters. The Balaban J connectivity index is 1.73. The molecule has 0 bridgehead atoms. The van der Waals surface area contributed by atoms with E-state index in [1.165, 1.54) is 13.0 Å². The van der Waals surface area contributed by atoms with E-state index >= 15 is 0 Å². The number of fused-ring (bicyclic) bond motifs is 1. The number of hydrogen-bond donors (Lipinski definition) is 3. The Bertz CT molecular complexity index is 1430. The normalized spacial score (nSPS) is 16.9. The number of aliphatic carboxylic acids is 1. The van der Waals surface area contributed by atoms with Crippen molar-refractivity contribution < 1.29 is 43.0 Å². The van der Waals surface area contributed by atoms with Gasteiger partial charge in [-0.15, -0.1) is 0 Å². The number of rotatable bonds is 13. The number of carbonyl (C=O) groups is 3. The van der Waals surface area contributed by atoms with Crippen molar-refractivity contribution in [3.63, 3.8) is 0 Å². The first-order chi connectivity index (χ1) is 21.7. The Labute approximate surface area is 278 Å². The van der Waals surface area contributed by atoms with E-state index in [2.05, 4.69) is 50.9 Å². The zero-order valence-corrected chi connectivity index (χ0v) is 30.0. The molecule has 3 N–H and O–H groups in total. The predicted octanol–water partition coefficient (Wildman–Crippen LogP) is 5.85. The van der Waals surface area contributed by atoms with Crippen LogP contribution in [0.25, 0.3) is 11.1 Å². The van der Waals surface area contributed by atoms with Gasteiger partial charge in [-0.2, -0.15) is 10.6 Å². The summed E-state index contributed by atoms with van der Waals surface area (Å²) in [6.45, 7) is 21.7. The van der Waals surface area contributed by atoms with Gasteiger partial charge < -0.3 is 29.1 Å². The molecule has 260 valence electrons. The lowest BCUT2D eigenvalue weighted by atomic mass is 9.90. The van der Waals surface area contributed by atoms with Crippen LogP contribution in [0.5, 0.6) is 5.75 Å². The van der Waals surface area contributed by atoms with E-state index in [-0.39, 0.29) is 24.3 Å². The minimum atomic E-state index is -2.18. The van der Waals surface area contributed by atoms with Crippen LogP contribution in [0.4, 0.5) is 9.59 Å². The number of carboxylic acids is 1. The van der Waals surface area contributed by atoms with Gasteiger partial charge in [-0.05, 0) is 81.9 Å². The minimum Gasteiger partial charge on any atom is -0.486 e. The first kappa shape index (κ1) is 37.6. The fraction of sp³-hybridized carbons (Fsp3) is 0.576. The lowest BCUT2D eigenvalue weighted by Crippen LogP contribution is -2.56. The third-order valence-electron chi connectivity index (χ3n) is 8.22. The van der Waals surface area contributed by atoms with Gasteiger partial charge in [0.15, 0.2) is 8.32 Å². The number of nitrogens with zero attached hydrogens (tertiary/aromatic N) is 2. The second-order valence-electron chi connectivity index (χ2n) is 14.3. The highest BCUT2D eigenvalue weighted by molar-refractivity contribution is 6.74. The average molecular weight is 675 g/mol. The molecular weight excluding hydrogens is 624 g/mol. The van der Waals surface area contributed by atoms with Gasteiger partial charge in [0, 0.05) is 18.3 Å². The molecule has 0 spiro atoms. The lowest BCUT2D eigenvalue weighted by molar-refractivity contribution is -0.189. The molecule has 0 aliphatic carbocycles. The van der Waals surface area contributed by atoms with Crippen LogP contribution in [-0.4, -0.2) is 77.9 Å². The Kier molecular flexibility index (Phi) is 11.9. The maximum Gasteiger partial charge on any atom is 0.431 e. The van der Waals surface area contributed by atoms with Gasteiger partial charge in [0.05, 0.1) is 18.8 Å². The second-order valence-corrected chi connectivity index (χ2v) is 19.1. The van der Waals surface area contributed by atoms with Gasteiger partial charge in [0.25, 0.3) is 0 Å². The summed E-state index contributed by atoms with van der Waals surface area (Å²) in [7, 11) is -2.18. The summed E-state index contributed by atoms with van der Waals surface area (Å²) < 4.78 is 24.8. The van der Waals surface area contributed by atoms with Gasteiger partial charge in [-0.25, -0.2) is 19.2 Å². The van der Waals surface area contributed by atoms with Gasteiger partial charge in [0.1, 0.15) is 24.1 Å². The van der Waals surface area contributed by atoms with E-state index in [1.54, 1.807) is 16.9 Å². The zero-order chi connectivity index (χ0) is 35.2. The molecule has 14 heteroatoms. The Morgan fingerprint density at radius 2 is 1.85 bits per heavy atom. The average Bonchev–Trinajstić information content (AvgIpc) is 3.43. The number of ether oxygens (including phenoxy) is 3. The Morgan fingerprint density at radius 3 is 2.47 bits per heavy atom. The molecule has 2 amide bonds. The number of benzene rings is 1. The van der Waals surface area contributed by atoms with Crippen molar-refractivity contribution in [1.29, 1.82) is 0 Å². The third-order valence-corrected chi connectivity index (χ3v) is 12.8. The summed E-state index contributed by atoms with van der Waals surface area (Å²) in [5.74, 6) is -0.769. The largest absolute Gasteiger partial charge is 0.486 e. The lowest BCUT2D eigenvalue weighted by Gasteiger charge is -2.39. The molecule has 2 heterocycles. The molecule has 1 aromatic heterocycles. The maximum absolute atomic E-state index is 12.4. The van der Waals surface area contributed by atoms with Crippen LogP contribution in [-0.2, 0) is 36.5 Å². The Hall–Kier alpha value is -3.88.